The molecule has 1 aromatic carbocycles. The van der Waals surface area contributed by atoms with Gasteiger partial charge < -0.3 is 20.5 Å². The summed E-state index contributed by atoms with van der Waals surface area (Å²) in [5, 5.41) is 3.66. The summed E-state index contributed by atoms with van der Waals surface area (Å²) in [6.45, 7) is 2.63. The molecule has 6 nitrogen and oxygen atoms in total. The minimum absolute atomic E-state index is 0. The van der Waals surface area contributed by atoms with Gasteiger partial charge in [0.1, 0.15) is 0 Å². The first-order valence-electron chi connectivity index (χ1n) is 7.71. The van der Waals surface area contributed by atoms with Gasteiger partial charge in [-0.3, -0.25) is 9.69 Å². The molecule has 1 saturated heterocycles. The van der Waals surface area contributed by atoms with Crippen LogP contribution in [0.4, 0.5) is 0 Å². The van der Waals surface area contributed by atoms with Crippen LogP contribution in [0.1, 0.15) is 18.4 Å². The topological polar surface area (TPSA) is 76.8 Å². The average Bonchev–Trinajstić information content (AvgIpc) is 2.93. The summed E-state index contributed by atoms with van der Waals surface area (Å²) in [5.41, 5.74) is 6.16. The van der Waals surface area contributed by atoms with Crippen molar-refractivity contribution in [2.75, 3.05) is 33.9 Å². The fourth-order valence-corrected chi connectivity index (χ4v) is 3.24. The van der Waals surface area contributed by atoms with Crippen LogP contribution >= 0.6 is 24.0 Å². The van der Waals surface area contributed by atoms with Crippen molar-refractivity contribution in [3.63, 3.8) is 0 Å². The average molecular weight is 378 g/mol. The number of likely N-dealkylation sites (tertiary alicyclic amines) is 1. The summed E-state index contributed by atoms with van der Waals surface area (Å²) in [6, 6.07) is 4.29. The fraction of sp³-hybridized carbons (Fsp3) is 0.562. The first-order valence-corrected chi connectivity index (χ1v) is 8.09. The highest BCUT2D eigenvalue weighted by Crippen LogP contribution is 2.37. The summed E-state index contributed by atoms with van der Waals surface area (Å²) in [4.78, 5) is 13.3. The van der Waals surface area contributed by atoms with Gasteiger partial charge in [0, 0.05) is 19.1 Å². The molecule has 1 amide bonds. The number of amides is 1. The molecule has 24 heavy (non-hydrogen) atoms. The molecular weight excluding hydrogens is 353 g/mol. The standard InChI is InChI=1S/C16H24ClN3O3.ClH/c1-19-8-12-4-3-5-20(12)9-11-6-13(17)16(14(7-11)22-2)23-10-15(18)21;/h6-7,12,19H,3-5,8-10H2,1-2H3,(H2,18,21);1H. The number of hydrogen-bond donors (Lipinski definition) is 2. The van der Waals surface area contributed by atoms with Crippen molar-refractivity contribution in [1.82, 2.24) is 10.2 Å². The lowest BCUT2D eigenvalue weighted by molar-refractivity contribution is -0.119. The maximum atomic E-state index is 10.9. The van der Waals surface area contributed by atoms with Crippen LogP contribution in [0.2, 0.25) is 5.02 Å². The molecule has 1 aromatic rings. The number of primary amides is 1. The number of hydrogen-bond acceptors (Lipinski definition) is 5. The van der Waals surface area contributed by atoms with Gasteiger partial charge in [0.05, 0.1) is 12.1 Å². The zero-order valence-corrected chi connectivity index (χ0v) is 15.6. The van der Waals surface area contributed by atoms with Crippen molar-refractivity contribution in [3.8, 4) is 11.5 Å². The Labute approximate surface area is 154 Å². The molecule has 0 radical (unpaired) electrons. The van der Waals surface area contributed by atoms with E-state index >= 15 is 0 Å². The zero-order chi connectivity index (χ0) is 16.8. The maximum Gasteiger partial charge on any atom is 0.255 e. The quantitative estimate of drug-likeness (QED) is 0.722. The highest BCUT2D eigenvalue weighted by molar-refractivity contribution is 6.32. The highest BCUT2D eigenvalue weighted by Gasteiger charge is 2.24. The van der Waals surface area contributed by atoms with E-state index in [-0.39, 0.29) is 19.0 Å². The molecule has 136 valence electrons. The molecule has 1 heterocycles. The molecule has 0 spiro atoms. The summed E-state index contributed by atoms with van der Waals surface area (Å²) in [6.07, 6.45) is 2.41. The largest absolute Gasteiger partial charge is 0.493 e. The Hall–Kier alpha value is -1.21. The van der Waals surface area contributed by atoms with Gasteiger partial charge in [-0.25, -0.2) is 0 Å². The van der Waals surface area contributed by atoms with E-state index in [2.05, 4.69) is 10.2 Å². The van der Waals surface area contributed by atoms with E-state index in [1.165, 1.54) is 12.8 Å². The maximum absolute atomic E-state index is 10.9. The third kappa shape index (κ3) is 5.41. The van der Waals surface area contributed by atoms with Crippen LogP contribution in [0.3, 0.4) is 0 Å². The predicted molar refractivity (Wildman–Crippen MR) is 97.3 cm³/mol. The zero-order valence-electron chi connectivity index (χ0n) is 14.0. The van der Waals surface area contributed by atoms with E-state index in [1.807, 2.05) is 19.2 Å². The van der Waals surface area contributed by atoms with Crippen molar-refractivity contribution in [3.05, 3.63) is 22.7 Å². The minimum Gasteiger partial charge on any atom is -0.493 e. The number of nitrogens with zero attached hydrogens (tertiary/aromatic N) is 1. The first kappa shape index (κ1) is 20.8. The number of ether oxygens (including phenoxy) is 2. The third-order valence-electron chi connectivity index (χ3n) is 3.97. The number of nitrogens with two attached hydrogens (primary N) is 1. The van der Waals surface area contributed by atoms with Crippen LogP contribution in [0.15, 0.2) is 12.1 Å². The molecular formula is C16H25Cl2N3O3. The molecule has 1 aliphatic heterocycles. The lowest BCUT2D eigenvalue weighted by Crippen LogP contribution is -2.36. The predicted octanol–water partition coefficient (Wildman–Crippen LogP) is 1.82. The molecule has 1 aliphatic rings. The van der Waals surface area contributed by atoms with Crippen LogP contribution in [0.25, 0.3) is 0 Å². The van der Waals surface area contributed by atoms with E-state index in [0.717, 1.165) is 25.2 Å². The van der Waals surface area contributed by atoms with Gasteiger partial charge in [0.2, 0.25) is 0 Å². The highest BCUT2D eigenvalue weighted by atomic mass is 35.5. The van der Waals surface area contributed by atoms with Gasteiger partial charge in [0.25, 0.3) is 5.91 Å². The van der Waals surface area contributed by atoms with Crippen LogP contribution in [-0.2, 0) is 11.3 Å². The van der Waals surface area contributed by atoms with Gasteiger partial charge >= 0.3 is 0 Å². The Bertz CT molecular complexity index is 558. The van der Waals surface area contributed by atoms with E-state index in [0.29, 0.717) is 22.6 Å². The number of carbonyl (C=O) groups is 1. The normalized spacial score (nSPS) is 17.4. The molecule has 3 N–H and O–H groups in total. The van der Waals surface area contributed by atoms with Crippen molar-refractivity contribution < 1.29 is 14.3 Å². The molecule has 1 fully saturated rings. The number of rotatable bonds is 8. The van der Waals surface area contributed by atoms with E-state index < -0.39 is 5.91 Å². The summed E-state index contributed by atoms with van der Waals surface area (Å²) in [7, 11) is 3.52. The van der Waals surface area contributed by atoms with E-state index in [1.54, 1.807) is 7.11 Å². The number of likely N-dealkylation sites (N-methyl/N-ethyl adjacent to an activating group) is 1. The van der Waals surface area contributed by atoms with Crippen molar-refractivity contribution in [1.29, 1.82) is 0 Å². The summed E-state index contributed by atoms with van der Waals surface area (Å²) >= 11 is 6.29. The fourth-order valence-electron chi connectivity index (χ4n) is 2.95. The molecule has 1 unspecified atom stereocenters. The second-order valence-corrected chi connectivity index (χ2v) is 6.10. The van der Waals surface area contributed by atoms with Crippen LogP contribution < -0.4 is 20.5 Å². The number of methoxy groups -OCH3 is 1. The van der Waals surface area contributed by atoms with Crippen LogP contribution in [0, 0.1) is 0 Å². The molecule has 0 aliphatic carbocycles. The Morgan fingerprint density at radius 2 is 2.25 bits per heavy atom. The van der Waals surface area contributed by atoms with Crippen molar-refractivity contribution >= 4 is 29.9 Å². The molecule has 1 atom stereocenters. The van der Waals surface area contributed by atoms with Gasteiger partial charge in [-0.1, -0.05) is 11.6 Å². The van der Waals surface area contributed by atoms with Gasteiger partial charge in [-0.05, 0) is 44.1 Å². The monoisotopic (exact) mass is 377 g/mol. The Morgan fingerprint density at radius 1 is 1.50 bits per heavy atom. The third-order valence-corrected chi connectivity index (χ3v) is 4.25. The lowest BCUT2D eigenvalue weighted by atomic mass is 10.1. The number of nitrogens with one attached hydrogen (secondary N) is 1. The summed E-state index contributed by atoms with van der Waals surface area (Å²) in [5.74, 6) is 0.308. The second kappa shape index (κ2) is 9.93. The smallest absolute Gasteiger partial charge is 0.255 e. The molecule has 8 heteroatoms. The molecule has 2 rings (SSSR count). The number of halogens is 2. The van der Waals surface area contributed by atoms with Crippen LogP contribution in [0.5, 0.6) is 11.5 Å². The van der Waals surface area contributed by atoms with Crippen molar-refractivity contribution in [2.24, 2.45) is 5.73 Å². The Balaban J connectivity index is 0.00000288. The van der Waals surface area contributed by atoms with Gasteiger partial charge in [-0.15, -0.1) is 12.4 Å². The van der Waals surface area contributed by atoms with E-state index in [4.69, 9.17) is 26.8 Å². The van der Waals surface area contributed by atoms with Crippen LogP contribution in [-0.4, -0.2) is 50.7 Å². The Kier molecular flexibility index (Phi) is 8.62. The van der Waals surface area contributed by atoms with Gasteiger partial charge in [0.15, 0.2) is 18.1 Å². The molecule has 0 saturated carbocycles. The second-order valence-electron chi connectivity index (χ2n) is 5.69. The summed E-state index contributed by atoms with van der Waals surface area (Å²) < 4.78 is 10.7. The van der Waals surface area contributed by atoms with E-state index in [9.17, 15) is 4.79 Å². The SMILES string of the molecule is CNCC1CCCN1Cc1cc(Cl)c(OCC(N)=O)c(OC)c1.Cl. The van der Waals surface area contributed by atoms with Gasteiger partial charge in [-0.2, -0.15) is 0 Å². The lowest BCUT2D eigenvalue weighted by Gasteiger charge is -2.25. The molecule has 0 bridgehead atoms. The number of carbonyl (C=O) groups excluding carboxylic acids is 1. The first-order chi connectivity index (χ1) is 11.0. The Morgan fingerprint density at radius 3 is 2.88 bits per heavy atom. The molecule has 0 aromatic heterocycles. The number of benzene rings is 1. The minimum atomic E-state index is -0.556. The van der Waals surface area contributed by atoms with Crippen molar-refractivity contribution in [2.45, 2.75) is 25.4 Å².